The zero-order valence-electron chi connectivity index (χ0n) is 24.2. The fraction of sp³-hybridized carbons (Fsp3) is 0.433. The Hall–Kier alpha value is -2.92. The van der Waals surface area contributed by atoms with Gasteiger partial charge in [-0.2, -0.15) is 8.78 Å². The van der Waals surface area contributed by atoms with E-state index in [-0.39, 0.29) is 0 Å². The van der Waals surface area contributed by atoms with Crippen molar-refractivity contribution in [2.24, 2.45) is 0 Å². The minimum Gasteiger partial charge on any atom is -0.598 e. The zero-order valence-corrected chi connectivity index (χ0v) is 25.0. The van der Waals surface area contributed by atoms with Crippen molar-refractivity contribution >= 4 is 17.0 Å². The molecule has 7 nitrogen and oxygen atoms in total. The van der Waals surface area contributed by atoms with Gasteiger partial charge in [-0.3, -0.25) is 0 Å². The Morgan fingerprint density at radius 3 is 1.82 bits per heavy atom. The summed E-state index contributed by atoms with van der Waals surface area (Å²) in [6.45, 7) is 7.36. The van der Waals surface area contributed by atoms with Gasteiger partial charge < -0.3 is 23.7 Å². The molecule has 1 aromatic heterocycles. The van der Waals surface area contributed by atoms with E-state index in [0.29, 0.717) is 24.5 Å². The Morgan fingerprint density at radius 2 is 1.40 bits per heavy atom. The van der Waals surface area contributed by atoms with Crippen LogP contribution < -0.4 is 19.1 Å². The molecule has 40 heavy (non-hydrogen) atoms. The summed E-state index contributed by atoms with van der Waals surface area (Å²) >= 11 is -1.43. The lowest BCUT2D eigenvalue weighted by Gasteiger charge is -2.29. The van der Waals surface area contributed by atoms with E-state index in [2.05, 4.69) is 9.71 Å². The molecule has 10 heteroatoms. The van der Waals surface area contributed by atoms with E-state index in [1.807, 2.05) is 74.2 Å². The lowest BCUT2D eigenvalue weighted by molar-refractivity contribution is -0.0732. The molecule has 0 amide bonds. The number of ether oxygens (including phenoxy) is 3. The molecule has 0 aliphatic heterocycles. The first-order valence-corrected chi connectivity index (χ1v) is 14.1. The summed E-state index contributed by atoms with van der Waals surface area (Å²) in [5.74, 6) is -1.87. The Balaban J connectivity index is 2.08. The van der Waals surface area contributed by atoms with Crippen LogP contribution in [-0.2, 0) is 35.1 Å². The predicted octanol–water partition coefficient (Wildman–Crippen LogP) is 6.16. The quantitative estimate of drug-likeness (QED) is 0.245. The highest BCUT2D eigenvalue weighted by Crippen LogP contribution is 2.33. The summed E-state index contributed by atoms with van der Waals surface area (Å²) < 4.78 is 61.1. The molecule has 218 valence electrons. The average Bonchev–Trinajstić information content (AvgIpc) is 2.92. The molecule has 1 N–H and O–H groups in total. The van der Waals surface area contributed by atoms with Gasteiger partial charge in [0.1, 0.15) is 28.5 Å². The van der Waals surface area contributed by atoms with Gasteiger partial charge in [0.25, 0.3) is 0 Å². The largest absolute Gasteiger partial charge is 0.598 e. The molecule has 0 saturated heterocycles. The zero-order chi connectivity index (χ0) is 29.5. The number of rotatable bonds is 13. The average molecular weight is 576 g/mol. The molecular formula is C30H39F2N3O4S. The second-order valence-electron chi connectivity index (χ2n) is 10.5. The summed E-state index contributed by atoms with van der Waals surface area (Å²) in [6, 6.07) is 17.9. The summed E-state index contributed by atoms with van der Waals surface area (Å²) in [4.78, 5) is 6.32. The van der Waals surface area contributed by atoms with E-state index >= 15 is 8.78 Å². The Morgan fingerprint density at radius 1 is 0.900 bits per heavy atom. The normalized spacial score (nSPS) is 13.6. The van der Waals surface area contributed by atoms with Gasteiger partial charge in [0.2, 0.25) is 0 Å². The van der Waals surface area contributed by atoms with Gasteiger partial charge in [-0.15, -0.1) is 4.72 Å². The van der Waals surface area contributed by atoms with Crippen LogP contribution in [0.4, 0.5) is 14.5 Å². The van der Waals surface area contributed by atoms with Crippen molar-refractivity contribution in [2.75, 3.05) is 32.8 Å². The third kappa shape index (κ3) is 8.54. The maximum absolute atomic E-state index is 15.2. The Kier molecular flexibility index (Phi) is 10.8. The molecule has 0 fully saturated rings. The highest BCUT2D eigenvalue weighted by Gasteiger charge is 2.36. The highest BCUT2D eigenvalue weighted by atomic mass is 32.2. The molecule has 0 bridgehead atoms. The lowest BCUT2D eigenvalue weighted by Crippen LogP contribution is -2.41. The van der Waals surface area contributed by atoms with E-state index in [1.54, 1.807) is 27.2 Å². The van der Waals surface area contributed by atoms with Gasteiger partial charge in [0.05, 0.1) is 26.0 Å². The lowest BCUT2D eigenvalue weighted by atomic mass is 10.1. The van der Waals surface area contributed by atoms with E-state index in [1.165, 1.54) is 13.2 Å². The van der Waals surface area contributed by atoms with Gasteiger partial charge in [-0.1, -0.05) is 24.3 Å². The predicted molar refractivity (Wildman–Crippen MR) is 155 cm³/mol. The first kappa shape index (κ1) is 31.6. The van der Waals surface area contributed by atoms with E-state index in [0.717, 1.165) is 22.6 Å². The Labute approximate surface area is 239 Å². The van der Waals surface area contributed by atoms with Gasteiger partial charge in [-0.25, -0.2) is 4.98 Å². The molecule has 0 radical (unpaired) electrons. The number of aromatic nitrogens is 1. The van der Waals surface area contributed by atoms with Crippen LogP contribution in [0, 0.1) is 0 Å². The first-order chi connectivity index (χ1) is 18.9. The number of hydrogen-bond acceptors (Lipinski definition) is 7. The number of halogens is 2. The topological polar surface area (TPSA) is 78.9 Å². The van der Waals surface area contributed by atoms with Gasteiger partial charge in [-0.05, 0) is 75.2 Å². The van der Waals surface area contributed by atoms with Crippen molar-refractivity contribution < 1.29 is 27.5 Å². The second-order valence-corrected chi connectivity index (χ2v) is 12.5. The number of hydrogen-bond donors (Lipinski definition) is 1. The molecule has 0 spiro atoms. The molecule has 3 rings (SSSR count). The third-order valence-electron chi connectivity index (χ3n) is 6.24. The van der Waals surface area contributed by atoms with Crippen LogP contribution in [-0.4, -0.2) is 42.2 Å². The number of methoxy groups -OCH3 is 3. The van der Waals surface area contributed by atoms with Crippen LogP contribution in [0.15, 0.2) is 60.7 Å². The maximum atomic E-state index is 15.2. The van der Waals surface area contributed by atoms with Crippen LogP contribution in [0.5, 0.6) is 11.5 Å². The number of pyridine rings is 1. The number of nitrogens with zero attached hydrogens (tertiary/aromatic N) is 2. The number of benzene rings is 2. The van der Waals surface area contributed by atoms with Gasteiger partial charge in [0, 0.05) is 37.2 Å². The second kappa shape index (κ2) is 13.6. The van der Waals surface area contributed by atoms with E-state index in [9.17, 15) is 4.55 Å². The molecule has 0 unspecified atom stereocenters. The molecule has 0 aliphatic rings. The van der Waals surface area contributed by atoms with Crippen LogP contribution in [0.1, 0.15) is 56.3 Å². The standard InChI is InChI=1S/C30H39F2N3O4S/c1-21(34-40(36)29(2,3)4)27-16-24(17-28(33-27)30(31,32)20-37-5)35(18-22-8-12-25(38-6)13-9-22)19-23-10-14-26(39-7)15-11-23/h8-17,21,34H,18-20H2,1-7H3/t21-,40-/m1/s1. The van der Waals surface area contributed by atoms with E-state index in [4.69, 9.17) is 14.2 Å². The molecule has 1 heterocycles. The van der Waals surface area contributed by atoms with E-state index < -0.39 is 40.4 Å². The molecule has 0 aliphatic carbocycles. The number of alkyl halides is 2. The molecule has 2 aromatic carbocycles. The minimum absolute atomic E-state index is 0.357. The SMILES string of the molecule is COCC(F)(F)c1cc(N(Cc2ccc(OC)cc2)Cc2ccc(OC)cc2)cc([C@@H](C)N[S@+]([O-])C(C)(C)C)n1. The Bertz CT molecular complexity index is 1170. The van der Waals surface area contributed by atoms with Crippen molar-refractivity contribution in [1.82, 2.24) is 9.71 Å². The maximum Gasteiger partial charge on any atom is 0.312 e. The number of anilines is 1. The van der Waals surface area contributed by atoms with Crippen molar-refractivity contribution in [3.63, 3.8) is 0 Å². The fourth-order valence-corrected chi connectivity index (χ4v) is 4.72. The van der Waals surface area contributed by atoms with Crippen LogP contribution in [0.25, 0.3) is 0 Å². The highest BCUT2D eigenvalue weighted by molar-refractivity contribution is 7.90. The van der Waals surface area contributed by atoms with Crippen molar-refractivity contribution in [3.8, 4) is 11.5 Å². The van der Waals surface area contributed by atoms with Gasteiger partial charge in [0.15, 0.2) is 0 Å². The molecular weight excluding hydrogens is 536 g/mol. The monoisotopic (exact) mass is 575 g/mol. The van der Waals surface area contributed by atoms with Crippen LogP contribution >= 0.6 is 0 Å². The summed E-state index contributed by atoms with van der Waals surface area (Å²) in [5, 5.41) is 0. The van der Waals surface area contributed by atoms with Gasteiger partial charge >= 0.3 is 5.92 Å². The van der Waals surface area contributed by atoms with Crippen molar-refractivity contribution in [1.29, 1.82) is 0 Å². The molecule has 2 atom stereocenters. The molecule has 3 aromatic rings. The van der Waals surface area contributed by atoms with Crippen molar-refractivity contribution in [3.05, 3.63) is 83.2 Å². The van der Waals surface area contributed by atoms with Crippen LogP contribution in [0.3, 0.4) is 0 Å². The summed E-state index contributed by atoms with van der Waals surface area (Å²) in [6.07, 6.45) is 0. The van der Waals surface area contributed by atoms with Crippen molar-refractivity contribution in [2.45, 2.75) is 57.5 Å². The molecule has 0 saturated carbocycles. The minimum atomic E-state index is -3.33. The third-order valence-corrected chi connectivity index (χ3v) is 7.92. The van der Waals surface area contributed by atoms with Crippen LogP contribution in [0.2, 0.25) is 0 Å². The fourth-order valence-electron chi connectivity index (χ4n) is 3.92. The smallest absolute Gasteiger partial charge is 0.312 e. The number of nitrogens with one attached hydrogen (secondary N) is 1. The first-order valence-electron chi connectivity index (χ1n) is 12.9. The summed E-state index contributed by atoms with van der Waals surface area (Å²) in [7, 11) is 4.44. The summed E-state index contributed by atoms with van der Waals surface area (Å²) in [5.41, 5.74) is 2.44.